The summed E-state index contributed by atoms with van der Waals surface area (Å²) in [6.45, 7) is 4.72. The fourth-order valence-electron chi connectivity index (χ4n) is 6.80. The van der Waals surface area contributed by atoms with Gasteiger partial charge in [-0.2, -0.15) is 0 Å². The van der Waals surface area contributed by atoms with Crippen LogP contribution in [0.2, 0.25) is 0 Å². The van der Waals surface area contributed by atoms with Crippen molar-refractivity contribution in [1.29, 1.82) is 0 Å². The Hall–Kier alpha value is -0.760. The van der Waals surface area contributed by atoms with Crippen LogP contribution in [0.5, 0.6) is 0 Å². The number of rotatable bonds is 42. The predicted molar refractivity (Wildman–Crippen MR) is 229 cm³/mol. The standard InChI is InChI=1S/C45H91N2O6P/c1-6-8-10-12-14-16-18-19-20-21-22-23-24-25-26-27-29-31-33-35-37-39-45(49)46-43(42-53-54(50,51)52-41-40-47(3,4)5)44(48)38-36-34-32-30-28-17-15-13-11-9-7-2/h21-22,43-44,48H,6-20,23-42H2,1-5H3,(H-,46,49,50,51)/b22-21-. The molecule has 8 nitrogen and oxygen atoms in total. The maximum atomic E-state index is 12.9. The Labute approximate surface area is 335 Å². The Balaban J connectivity index is 4.24. The van der Waals surface area contributed by atoms with Crippen molar-refractivity contribution in [1.82, 2.24) is 5.32 Å². The van der Waals surface area contributed by atoms with Crippen LogP contribution >= 0.6 is 7.82 Å². The smallest absolute Gasteiger partial charge is 0.268 e. The molecule has 0 aromatic rings. The maximum Gasteiger partial charge on any atom is 0.268 e. The highest BCUT2D eigenvalue weighted by molar-refractivity contribution is 7.45. The van der Waals surface area contributed by atoms with E-state index >= 15 is 0 Å². The third-order valence-corrected chi connectivity index (χ3v) is 11.5. The van der Waals surface area contributed by atoms with Gasteiger partial charge in [-0.25, -0.2) is 0 Å². The molecule has 9 heteroatoms. The summed E-state index contributed by atoms with van der Waals surface area (Å²) in [6, 6.07) is -0.796. The molecule has 0 aliphatic heterocycles. The Kier molecular flexibility index (Phi) is 37.3. The van der Waals surface area contributed by atoms with Gasteiger partial charge in [0.25, 0.3) is 7.82 Å². The summed E-state index contributed by atoms with van der Waals surface area (Å²) >= 11 is 0. The second-order valence-corrected chi connectivity index (χ2v) is 18.5. The molecule has 3 unspecified atom stereocenters. The van der Waals surface area contributed by atoms with Crippen LogP contribution < -0.4 is 10.2 Å². The minimum Gasteiger partial charge on any atom is -0.756 e. The average Bonchev–Trinajstić information content (AvgIpc) is 3.12. The Morgan fingerprint density at radius 3 is 1.44 bits per heavy atom. The molecule has 0 aromatic carbocycles. The van der Waals surface area contributed by atoms with Crippen LogP contribution in [-0.2, 0) is 18.4 Å². The second kappa shape index (κ2) is 37.8. The average molecular weight is 787 g/mol. The number of hydrogen-bond donors (Lipinski definition) is 2. The molecule has 0 rings (SSSR count). The summed E-state index contributed by atoms with van der Waals surface area (Å²) in [5.74, 6) is -0.167. The molecule has 0 radical (unpaired) electrons. The van der Waals surface area contributed by atoms with E-state index in [1.54, 1.807) is 0 Å². The van der Waals surface area contributed by atoms with Gasteiger partial charge in [-0.05, 0) is 38.5 Å². The lowest BCUT2D eigenvalue weighted by Crippen LogP contribution is -2.46. The zero-order valence-electron chi connectivity index (χ0n) is 36.4. The number of unbranched alkanes of at least 4 members (excludes halogenated alkanes) is 27. The van der Waals surface area contributed by atoms with Gasteiger partial charge in [0.05, 0.1) is 39.9 Å². The number of aliphatic hydroxyl groups excluding tert-OH is 1. The van der Waals surface area contributed by atoms with Crippen LogP contribution in [0.4, 0.5) is 0 Å². The SMILES string of the molecule is CCCCCCCCCC/C=C\CCCCCCCCCCCC(=O)NC(COP(=O)([O-])OCC[N+](C)(C)C)C(O)CCCCCCCCCCCCC. The van der Waals surface area contributed by atoms with Gasteiger partial charge in [0.15, 0.2) is 0 Å². The number of phosphoric acid groups is 1. The van der Waals surface area contributed by atoms with Crippen molar-refractivity contribution >= 4 is 13.7 Å². The molecule has 54 heavy (non-hydrogen) atoms. The van der Waals surface area contributed by atoms with E-state index < -0.39 is 20.0 Å². The first-order valence-electron chi connectivity index (χ1n) is 23.0. The first kappa shape index (κ1) is 53.2. The van der Waals surface area contributed by atoms with Crippen molar-refractivity contribution in [3.05, 3.63) is 12.2 Å². The van der Waals surface area contributed by atoms with E-state index in [1.165, 1.54) is 154 Å². The third-order valence-electron chi connectivity index (χ3n) is 10.5. The minimum absolute atomic E-state index is 0.0136. The molecule has 0 aliphatic rings. The highest BCUT2D eigenvalue weighted by atomic mass is 31.2. The number of hydrogen-bond acceptors (Lipinski definition) is 6. The van der Waals surface area contributed by atoms with Crippen molar-refractivity contribution in [3.63, 3.8) is 0 Å². The van der Waals surface area contributed by atoms with Crippen LogP contribution in [0.1, 0.15) is 219 Å². The first-order valence-corrected chi connectivity index (χ1v) is 24.5. The van der Waals surface area contributed by atoms with Crippen LogP contribution in [-0.4, -0.2) is 68.5 Å². The van der Waals surface area contributed by atoms with Crippen LogP contribution in [0.3, 0.4) is 0 Å². The summed E-state index contributed by atoms with van der Waals surface area (Å²) in [4.78, 5) is 25.3. The van der Waals surface area contributed by atoms with Gasteiger partial charge in [0.2, 0.25) is 5.91 Å². The largest absolute Gasteiger partial charge is 0.756 e. The first-order chi connectivity index (χ1) is 26.0. The van der Waals surface area contributed by atoms with E-state index in [2.05, 4.69) is 31.3 Å². The van der Waals surface area contributed by atoms with E-state index in [-0.39, 0.29) is 19.1 Å². The quantitative estimate of drug-likeness (QED) is 0.0276. The van der Waals surface area contributed by atoms with Crippen LogP contribution in [0.25, 0.3) is 0 Å². The zero-order valence-corrected chi connectivity index (χ0v) is 37.3. The van der Waals surface area contributed by atoms with Crippen LogP contribution in [0.15, 0.2) is 12.2 Å². The Morgan fingerprint density at radius 2 is 1.02 bits per heavy atom. The number of nitrogens with zero attached hydrogens (tertiary/aromatic N) is 1. The van der Waals surface area contributed by atoms with Crippen molar-refractivity contribution < 1.29 is 32.9 Å². The molecule has 2 N–H and O–H groups in total. The van der Waals surface area contributed by atoms with Crippen molar-refractivity contribution in [2.75, 3.05) is 40.9 Å². The number of carbonyl (C=O) groups is 1. The van der Waals surface area contributed by atoms with Gasteiger partial charge >= 0.3 is 0 Å². The molecular weight excluding hydrogens is 695 g/mol. The summed E-state index contributed by atoms with van der Waals surface area (Å²) < 4.78 is 23.2. The predicted octanol–water partition coefficient (Wildman–Crippen LogP) is 12.1. The molecular formula is C45H91N2O6P. The second-order valence-electron chi connectivity index (χ2n) is 17.1. The molecule has 1 amide bonds. The van der Waals surface area contributed by atoms with E-state index in [1.807, 2.05) is 21.1 Å². The Morgan fingerprint density at radius 1 is 0.630 bits per heavy atom. The van der Waals surface area contributed by atoms with Gasteiger partial charge in [-0.15, -0.1) is 0 Å². The minimum atomic E-state index is -4.56. The number of carbonyl (C=O) groups excluding carboxylic acids is 1. The number of likely N-dealkylation sites (N-methyl/N-ethyl adjacent to an activating group) is 1. The summed E-state index contributed by atoms with van der Waals surface area (Å²) in [7, 11) is 1.31. The van der Waals surface area contributed by atoms with E-state index in [9.17, 15) is 19.4 Å². The number of phosphoric ester groups is 1. The van der Waals surface area contributed by atoms with Gasteiger partial charge < -0.3 is 28.8 Å². The summed E-state index contributed by atoms with van der Waals surface area (Å²) in [6.07, 6.45) is 42.2. The molecule has 0 heterocycles. The lowest BCUT2D eigenvalue weighted by atomic mass is 10.0. The fourth-order valence-corrected chi connectivity index (χ4v) is 7.52. The lowest BCUT2D eigenvalue weighted by molar-refractivity contribution is -0.870. The van der Waals surface area contributed by atoms with Crippen molar-refractivity contribution in [2.24, 2.45) is 0 Å². The number of amides is 1. The highest BCUT2D eigenvalue weighted by Gasteiger charge is 2.24. The molecule has 0 saturated carbocycles. The number of allylic oxidation sites excluding steroid dienone is 2. The van der Waals surface area contributed by atoms with Gasteiger partial charge in [0.1, 0.15) is 13.2 Å². The van der Waals surface area contributed by atoms with Crippen LogP contribution in [0, 0.1) is 0 Å². The molecule has 0 bridgehead atoms. The molecule has 0 saturated heterocycles. The number of quaternary nitrogens is 1. The number of aliphatic hydroxyl groups is 1. The van der Waals surface area contributed by atoms with E-state index in [0.29, 0.717) is 23.9 Å². The number of nitrogens with one attached hydrogen (secondary N) is 1. The van der Waals surface area contributed by atoms with Gasteiger partial charge in [-0.1, -0.05) is 187 Å². The fraction of sp³-hybridized carbons (Fsp3) is 0.933. The molecule has 0 spiro atoms. The molecule has 3 atom stereocenters. The van der Waals surface area contributed by atoms with E-state index in [0.717, 1.165) is 38.5 Å². The monoisotopic (exact) mass is 787 g/mol. The van der Waals surface area contributed by atoms with E-state index in [4.69, 9.17) is 9.05 Å². The summed E-state index contributed by atoms with van der Waals surface area (Å²) in [5, 5.41) is 13.9. The van der Waals surface area contributed by atoms with Gasteiger partial charge in [0, 0.05) is 6.42 Å². The third kappa shape index (κ3) is 39.5. The van der Waals surface area contributed by atoms with Crippen molar-refractivity contribution in [2.45, 2.75) is 231 Å². The molecule has 322 valence electrons. The molecule has 0 aromatic heterocycles. The normalized spacial score (nSPS) is 14.4. The Bertz CT molecular complexity index is 896. The zero-order chi connectivity index (χ0) is 40.0. The summed E-state index contributed by atoms with van der Waals surface area (Å²) in [5.41, 5.74) is 0. The topological polar surface area (TPSA) is 108 Å². The molecule has 0 fully saturated rings. The highest BCUT2D eigenvalue weighted by Crippen LogP contribution is 2.38. The van der Waals surface area contributed by atoms with Gasteiger partial charge in [-0.3, -0.25) is 9.36 Å². The maximum absolute atomic E-state index is 12.9. The lowest BCUT2D eigenvalue weighted by Gasteiger charge is -2.30. The van der Waals surface area contributed by atoms with Crippen molar-refractivity contribution in [3.8, 4) is 0 Å². The molecule has 0 aliphatic carbocycles.